The zero-order chi connectivity index (χ0) is 21.1. The zero-order valence-corrected chi connectivity index (χ0v) is 18.8. The van der Waals surface area contributed by atoms with Crippen molar-refractivity contribution in [1.29, 1.82) is 0 Å². The molecule has 156 valence electrons. The van der Waals surface area contributed by atoms with Crippen LogP contribution >= 0.6 is 11.3 Å². The van der Waals surface area contributed by atoms with Gasteiger partial charge in [0.1, 0.15) is 0 Å². The van der Waals surface area contributed by atoms with Crippen molar-refractivity contribution in [2.45, 2.75) is 37.5 Å². The number of anilines is 2. The van der Waals surface area contributed by atoms with Crippen LogP contribution in [0.2, 0.25) is 0 Å². The first kappa shape index (κ1) is 18.5. The molecule has 0 bridgehead atoms. The first-order valence-electron chi connectivity index (χ1n) is 11.8. The second kappa shape index (κ2) is 6.95. The highest BCUT2D eigenvalue weighted by molar-refractivity contribution is 7.25. The number of fused-ring (bicyclic) bond motifs is 8. The van der Waals surface area contributed by atoms with E-state index in [-0.39, 0.29) is 5.41 Å². The van der Waals surface area contributed by atoms with Crippen LogP contribution in [0, 0.1) is 0 Å². The third-order valence-corrected chi connectivity index (χ3v) is 8.79. The molecular formula is C30H25NS. The molecule has 0 amide bonds. The molecule has 2 aliphatic rings. The average Bonchev–Trinajstić information content (AvgIpc) is 3.35. The standard InChI is InChI=1S/C30H25NS/c1-6-17-30(18-7-1)24-11-4-2-9-21(24)22-16-15-20(19-25(22)30)31-26-12-8-14-28-29(26)23-10-3-5-13-27(23)32-28/h2-5,8-16,19,31H,1,6-7,17-18H2. The minimum atomic E-state index is 0.197. The number of nitrogens with one attached hydrogen (secondary N) is 1. The van der Waals surface area contributed by atoms with Gasteiger partial charge in [-0.3, -0.25) is 0 Å². The summed E-state index contributed by atoms with van der Waals surface area (Å²) in [6.45, 7) is 0. The summed E-state index contributed by atoms with van der Waals surface area (Å²) in [6.07, 6.45) is 6.55. The minimum absolute atomic E-state index is 0.197. The van der Waals surface area contributed by atoms with Crippen molar-refractivity contribution < 1.29 is 0 Å². The van der Waals surface area contributed by atoms with Crippen molar-refractivity contribution in [3.8, 4) is 11.1 Å². The topological polar surface area (TPSA) is 12.0 Å². The maximum Gasteiger partial charge on any atom is 0.0478 e. The van der Waals surface area contributed by atoms with E-state index in [4.69, 9.17) is 0 Å². The number of thiophene rings is 1. The molecule has 7 rings (SSSR count). The molecule has 1 heterocycles. The van der Waals surface area contributed by atoms with E-state index < -0.39 is 0 Å². The SMILES string of the molecule is c1ccc2c(c1)-c1ccc(Nc3cccc4sc5ccccc5c34)cc1C21CCCCC1. The molecule has 1 spiro atoms. The van der Waals surface area contributed by atoms with Crippen LogP contribution in [0.4, 0.5) is 11.4 Å². The molecule has 1 nitrogen and oxygen atoms in total. The molecule has 1 saturated carbocycles. The molecular weight excluding hydrogens is 406 g/mol. The van der Waals surface area contributed by atoms with Gasteiger partial charge in [0.05, 0.1) is 0 Å². The Balaban J connectivity index is 1.37. The Hall–Kier alpha value is -3.10. The maximum atomic E-state index is 3.81. The summed E-state index contributed by atoms with van der Waals surface area (Å²) in [7, 11) is 0. The second-order valence-corrected chi connectivity index (χ2v) is 10.4. The number of benzene rings is 4. The third-order valence-electron chi connectivity index (χ3n) is 7.66. The molecule has 1 aromatic heterocycles. The lowest BCUT2D eigenvalue weighted by Gasteiger charge is -2.36. The lowest BCUT2D eigenvalue weighted by atomic mass is 9.68. The summed E-state index contributed by atoms with van der Waals surface area (Å²) in [4.78, 5) is 0. The fourth-order valence-corrected chi connectivity index (χ4v) is 7.39. The molecule has 5 aromatic rings. The lowest BCUT2D eigenvalue weighted by molar-refractivity contribution is 0.353. The number of hydrogen-bond donors (Lipinski definition) is 1. The van der Waals surface area contributed by atoms with Crippen molar-refractivity contribution in [2.75, 3.05) is 5.32 Å². The Morgan fingerprint density at radius 1 is 0.656 bits per heavy atom. The normalized spacial score (nSPS) is 16.4. The molecule has 0 radical (unpaired) electrons. The highest BCUT2D eigenvalue weighted by Gasteiger charge is 2.43. The fraction of sp³-hybridized carbons (Fsp3) is 0.200. The lowest BCUT2D eigenvalue weighted by Crippen LogP contribution is -2.28. The summed E-state index contributed by atoms with van der Waals surface area (Å²) in [5, 5.41) is 6.49. The first-order valence-corrected chi connectivity index (χ1v) is 12.6. The molecule has 1 fully saturated rings. The fourth-order valence-electron chi connectivity index (χ4n) is 6.26. The zero-order valence-electron chi connectivity index (χ0n) is 18.0. The van der Waals surface area contributed by atoms with Crippen LogP contribution in [0.1, 0.15) is 43.2 Å². The number of rotatable bonds is 2. The summed E-state index contributed by atoms with van der Waals surface area (Å²) >= 11 is 1.88. The Bertz CT molecular complexity index is 1490. The van der Waals surface area contributed by atoms with E-state index in [1.165, 1.54) is 80.3 Å². The smallest absolute Gasteiger partial charge is 0.0478 e. The van der Waals surface area contributed by atoms with E-state index in [0.29, 0.717) is 0 Å². The summed E-state index contributed by atoms with van der Waals surface area (Å²) in [5.41, 5.74) is 8.57. The van der Waals surface area contributed by atoms with Gasteiger partial charge < -0.3 is 5.32 Å². The van der Waals surface area contributed by atoms with E-state index in [1.807, 2.05) is 11.3 Å². The molecule has 1 N–H and O–H groups in total. The molecule has 2 heteroatoms. The monoisotopic (exact) mass is 431 g/mol. The molecule has 0 aliphatic heterocycles. The van der Waals surface area contributed by atoms with Gasteiger partial charge in [-0.25, -0.2) is 0 Å². The van der Waals surface area contributed by atoms with Gasteiger partial charge in [-0.05, 0) is 65.4 Å². The van der Waals surface area contributed by atoms with Crippen molar-refractivity contribution in [2.24, 2.45) is 0 Å². The Morgan fingerprint density at radius 3 is 2.38 bits per heavy atom. The van der Waals surface area contributed by atoms with Crippen LogP contribution in [-0.2, 0) is 5.41 Å². The predicted molar refractivity (Wildman–Crippen MR) is 138 cm³/mol. The molecule has 32 heavy (non-hydrogen) atoms. The van der Waals surface area contributed by atoms with Gasteiger partial charge in [0.2, 0.25) is 0 Å². The summed E-state index contributed by atoms with van der Waals surface area (Å²) in [5.74, 6) is 0. The van der Waals surface area contributed by atoms with E-state index in [0.717, 1.165) is 0 Å². The quantitative estimate of drug-likeness (QED) is 0.294. The van der Waals surface area contributed by atoms with Crippen LogP contribution in [0.5, 0.6) is 0 Å². The van der Waals surface area contributed by atoms with Crippen molar-refractivity contribution >= 4 is 42.9 Å². The van der Waals surface area contributed by atoms with Crippen molar-refractivity contribution in [3.63, 3.8) is 0 Å². The molecule has 2 aliphatic carbocycles. The van der Waals surface area contributed by atoms with Crippen LogP contribution < -0.4 is 5.32 Å². The first-order chi connectivity index (χ1) is 15.8. The van der Waals surface area contributed by atoms with E-state index in [9.17, 15) is 0 Å². The highest BCUT2D eigenvalue weighted by Crippen LogP contribution is 2.56. The largest absolute Gasteiger partial charge is 0.355 e. The van der Waals surface area contributed by atoms with Gasteiger partial charge in [-0.1, -0.05) is 73.9 Å². The van der Waals surface area contributed by atoms with Gasteiger partial charge in [-0.2, -0.15) is 0 Å². The highest BCUT2D eigenvalue weighted by atomic mass is 32.1. The van der Waals surface area contributed by atoms with Crippen molar-refractivity contribution in [3.05, 3.63) is 96.1 Å². The van der Waals surface area contributed by atoms with Crippen LogP contribution in [-0.4, -0.2) is 0 Å². The van der Waals surface area contributed by atoms with E-state index in [1.54, 1.807) is 5.56 Å². The van der Waals surface area contributed by atoms with E-state index in [2.05, 4.69) is 90.2 Å². The van der Waals surface area contributed by atoms with E-state index >= 15 is 0 Å². The Morgan fingerprint density at radius 2 is 1.44 bits per heavy atom. The van der Waals surface area contributed by atoms with Crippen LogP contribution in [0.3, 0.4) is 0 Å². The maximum absolute atomic E-state index is 3.81. The van der Waals surface area contributed by atoms with Crippen molar-refractivity contribution in [1.82, 2.24) is 0 Å². The van der Waals surface area contributed by atoms with Gasteiger partial charge in [0.15, 0.2) is 0 Å². The molecule has 0 saturated heterocycles. The molecule has 0 unspecified atom stereocenters. The predicted octanol–water partition coefficient (Wildman–Crippen LogP) is 9.03. The second-order valence-electron chi connectivity index (χ2n) is 9.35. The minimum Gasteiger partial charge on any atom is -0.355 e. The Kier molecular flexibility index (Phi) is 4.01. The van der Waals surface area contributed by atoms with Gasteiger partial charge in [-0.15, -0.1) is 11.3 Å². The molecule has 0 atom stereocenters. The summed E-state index contributed by atoms with van der Waals surface area (Å²) in [6, 6.07) is 31.6. The third kappa shape index (κ3) is 2.56. The van der Waals surface area contributed by atoms with Gasteiger partial charge in [0.25, 0.3) is 0 Å². The van der Waals surface area contributed by atoms with Gasteiger partial charge in [0, 0.05) is 37.0 Å². The molecule has 4 aromatic carbocycles. The van der Waals surface area contributed by atoms with Crippen LogP contribution in [0.15, 0.2) is 84.9 Å². The average molecular weight is 432 g/mol. The summed E-state index contributed by atoms with van der Waals surface area (Å²) < 4.78 is 2.69. The Labute approximate surface area is 192 Å². The number of hydrogen-bond acceptors (Lipinski definition) is 2. The van der Waals surface area contributed by atoms with Crippen LogP contribution in [0.25, 0.3) is 31.3 Å². The van der Waals surface area contributed by atoms with Gasteiger partial charge >= 0.3 is 0 Å².